The highest BCUT2D eigenvalue weighted by Gasteiger charge is 2.11. The van der Waals surface area contributed by atoms with E-state index in [-0.39, 0.29) is 17.1 Å². The molecule has 0 unspecified atom stereocenters. The number of benzene rings is 1. The summed E-state index contributed by atoms with van der Waals surface area (Å²) in [7, 11) is -3.35. The third-order valence-corrected chi connectivity index (χ3v) is 3.78. The predicted octanol–water partition coefficient (Wildman–Crippen LogP) is 1.80. The van der Waals surface area contributed by atoms with Crippen LogP contribution in [0, 0.1) is 6.92 Å². The summed E-state index contributed by atoms with van der Waals surface area (Å²) >= 11 is 0. The topological polar surface area (TPSA) is 71.4 Å². The van der Waals surface area contributed by atoms with Crippen molar-refractivity contribution in [3.8, 4) is 0 Å². The molecule has 0 amide bonds. The van der Waals surface area contributed by atoms with Gasteiger partial charge in [0.25, 0.3) is 0 Å². The van der Waals surface area contributed by atoms with Crippen molar-refractivity contribution in [1.29, 1.82) is 0 Å². The number of carboxylic acids is 1. The Bertz CT molecular complexity index is 512. The Kier molecular flexibility index (Phi) is 4.45. The van der Waals surface area contributed by atoms with Gasteiger partial charge in [0.15, 0.2) is 9.84 Å². The van der Waals surface area contributed by atoms with E-state index in [0.29, 0.717) is 0 Å². The van der Waals surface area contributed by atoms with Gasteiger partial charge in [-0.25, -0.2) is 8.42 Å². The number of hydrogen-bond acceptors (Lipinski definition) is 3. The molecule has 0 spiro atoms. The molecule has 0 aromatic heterocycles. The number of aryl methyl sites for hydroxylation is 1. The van der Waals surface area contributed by atoms with Crippen molar-refractivity contribution >= 4 is 15.8 Å². The zero-order valence-electron chi connectivity index (χ0n) is 9.46. The van der Waals surface area contributed by atoms with Gasteiger partial charge >= 0.3 is 5.97 Å². The molecule has 0 fully saturated rings. The summed E-state index contributed by atoms with van der Waals surface area (Å²) in [5.74, 6) is -1.16. The fourth-order valence-corrected chi connectivity index (χ4v) is 2.35. The van der Waals surface area contributed by atoms with Crippen LogP contribution in [0.2, 0.25) is 0 Å². The quantitative estimate of drug-likeness (QED) is 0.813. The van der Waals surface area contributed by atoms with Gasteiger partial charge in [-0.1, -0.05) is 29.8 Å². The molecule has 0 aliphatic heterocycles. The standard InChI is InChI=1S/C12H14O4S/c1-10-5-7-11(8-6-10)17(15,16)9-3-2-4-12(13)14/h2-3,5-8H,4,9H2,1H3,(H,13,14)/b3-2+. The molecule has 92 valence electrons. The van der Waals surface area contributed by atoms with Crippen molar-refractivity contribution in [2.24, 2.45) is 0 Å². The third kappa shape index (κ3) is 4.40. The first-order valence-corrected chi connectivity index (χ1v) is 6.73. The van der Waals surface area contributed by atoms with Crippen LogP contribution < -0.4 is 0 Å². The Morgan fingerprint density at radius 3 is 2.35 bits per heavy atom. The van der Waals surface area contributed by atoms with Crippen molar-refractivity contribution in [3.63, 3.8) is 0 Å². The lowest BCUT2D eigenvalue weighted by molar-refractivity contribution is -0.136. The predicted molar refractivity (Wildman–Crippen MR) is 64.6 cm³/mol. The van der Waals surface area contributed by atoms with Gasteiger partial charge in [0.1, 0.15) is 0 Å². The van der Waals surface area contributed by atoms with E-state index in [1.807, 2.05) is 6.92 Å². The maximum Gasteiger partial charge on any atom is 0.307 e. The molecule has 0 aliphatic rings. The zero-order chi connectivity index (χ0) is 12.9. The molecule has 5 heteroatoms. The maximum atomic E-state index is 11.8. The van der Waals surface area contributed by atoms with E-state index in [4.69, 9.17) is 5.11 Å². The molecule has 0 heterocycles. The van der Waals surface area contributed by atoms with Crippen LogP contribution in [-0.4, -0.2) is 25.2 Å². The second-order valence-electron chi connectivity index (χ2n) is 3.66. The van der Waals surface area contributed by atoms with E-state index < -0.39 is 15.8 Å². The highest BCUT2D eigenvalue weighted by atomic mass is 32.2. The molecular weight excluding hydrogens is 240 g/mol. The fourth-order valence-electron chi connectivity index (χ4n) is 1.22. The number of hydrogen-bond donors (Lipinski definition) is 1. The fraction of sp³-hybridized carbons (Fsp3) is 0.250. The van der Waals surface area contributed by atoms with E-state index in [9.17, 15) is 13.2 Å². The van der Waals surface area contributed by atoms with Crippen LogP contribution in [0.1, 0.15) is 12.0 Å². The molecule has 0 saturated heterocycles. The Balaban J connectivity index is 2.72. The molecule has 17 heavy (non-hydrogen) atoms. The summed E-state index contributed by atoms with van der Waals surface area (Å²) in [6.45, 7) is 1.88. The first kappa shape index (κ1) is 13.4. The third-order valence-electron chi connectivity index (χ3n) is 2.15. The largest absolute Gasteiger partial charge is 0.481 e. The SMILES string of the molecule is Cc1ccc(S(=O)(=O)C/C=C/CC(=O)O)cc1. The average Bonchev–Trinajstić information content (AvgIpc) is 2.25. The molecule has 1 rings (SSSR count). The number of rotatable bonds is 5. The van der Waals surface area contributed by atoms with Gasteiger partial charge in [-0.2, -0.15) is 0 Å². The Morgan fingerprint density at radius 2 is 1.82 bits per heavy atom. The molecule has 0 aliphatic carbocycles. The van der Waals surface area contributed by atoms with E-state index >= 15 is 0 Å². The summed E-state index contributed by atoms with van der Waals surface area (Å²) in [5, 5.41) is 8.39. The second kappa shape index (κ2) is 5.63. The molecule has 4 nitrogen and oxygen atoms in total. The van der Waals surface area contributed by atoms with Crippen LogP contribution >= 0.6 is 0 Å². The second-order valence-corrected chi connectivity index (χ2v) is 5.70. The first-order valence-electron chi connectivity index (χ1n) is 5.08. The Morgan fingerprint density at radius 1 is 1.24 bits per heavy atom. The molecule has 0 saturated carbocycles. The number of sulfone groups is 1. The summed E-state index contributed by atoms with van der Waals surface area (Å²) in [6.07, 6.45) is 2.54. The van der Waals surface area contributed by atoms with Gasteiger partial charge in [0.2, 0.25) is 0 Å². The monoisotopic (exact) mass is 254 g/mol. The Labute approximate surface area is 101 Å². The molecular formula is C12H14O4S. The van der Waals surface area contributed by atoms with Gasteiger partial charge in [0, 0.05) is 0 Å². The molecule has 1 N–H and O–H groups in total. The normalized spacial score (nSPS) is 11.8. The van der Waals surface area contributed by atoms with Gasteiger partial charge in [-0.3, -0.25) is 4.79 Å². The summed E-state index contributed by atoms with van der Waals surface area (Å²) in [5.41, 5.74) is 0.991. The Hall–Kier alpha value is -1.62. The lowest BCUT2D eigenvalue weighted by atomic mass is 10.2. The van der Waals surface area contributed by atoms with Crippen LogP contribution in [0.4, 0.5) is 0 Å². The molecule has 0 bridgehead atoms. The molecule has 0 radical (unpaired) electrons. The van der Waals surface area contributed by atoms with Gasteiger partial charge < -0.3 is 5.11 Å². The van der Waals surface area contributed by atoms with E-state index in [1.54, 1.807) is 24.3 Å². The first-order chi connectivity index (χ1) is 7.92. The summed E-state index contributed by atoms with van der Waals surface area (Å²) < 4.78 is 23.6. The van der Waals surface area contributed by atoms with E-state index in [1.165, 1.54) is 12.2 Å². The van der Waals surface area contributed by atoms with Crippen LogP contribution in [0.5, 0.6) is 0 Å². The minimum absolute atomic E-state index is 0.163. The zero-order valence-corrected chi connectivity index (χ0v) is 10.3. The van der Waals surface area contributed by atoms with Crippen molar-refractivity contribution in [3.05, 3.63) is 42.0 Å². The van der Waals surface area contributed by atoms with Crippen LogP contribution in [0.15, 0.2) is 41.3 Å². The average molecular weight is 254 g/mol. The molecule has 0 atom stereocenters. The lowest BCUT2D eigenvalue weighted by Gasteiger charge is -2.01. The highest BCUT2D eigenvalue weighted by molar-refractivity contribution is 7.91. The number of aliphatic carboxylic acids is 1. The van der Waals surface area contributed by atoms with Gasteiger partial charge in [-0.15, -0.1) is 0 Å². The van der Waals surface area contributed by atoms with Crippen molar-refractivity contribution < 1.29 is 18.3 Å². The van der Waals surface area contributed by atoms with Crippen LogP contribution in [0.25, 0.3) is 0 Å². The van der Waals surface area contributed by atoms with Crippen LogP contribution in [-0.2, 0) is 14.6 Å². The van der Waals surface area contributed by atoms with Gasteiger partial charge in [0.05, 0.1) is 17.1 Å². The van der Waals surface area contributed by atoms with Crippen LogP contribution in [0.3, 0.4) is 0 Å². The number of carbonyl (C=O) groups is 1. The van der Waals surface area contributed by atoms with Gasteiger partial charge in [-0.05, 0) is 19.1 Å². The lowest BCUT2D eigenvalue weighted by Crippen LogP contribution is -2.04. The highest BCUT2D eigenvalue weighted by Crippen LogP contribution is 2.12. The van der Waals surface area contributed by atoms with E-state index in [0.717, 1.165) is 5.56 Å². The van der Waals surface area contributed by atoms with Crippen molar-refractivity contribution in [1.82, 2.24) is 0 Å². The van der Waals surface area contributed by atoms with E-state index in [2.05, 4.69) is 0 Å². The summed E-state index contributed by atoms with van der Waals surface area (Å²) in [6, 6.07) is 6.56. The maximum absolute atomic E-state index is 11.8. The molecule has 1 aromatic rings. The summed E-state index contributed by atoms with van der Waals surface area (Å²) in [4.78, 5) is 10.5. The minimum atomic E-state index is -3.35. The van der Waals surface area contributed by atoms with Crippen molar-refractivity contribution in [2.75, 3.05) is 5.75 Å². The minimum Gasteiger partial charge on any atom is -0.481 e. The number of carboxylic acid groups (broad SMARTS) is 1. The molecule has 1 aromatic carbocycles. The van der Waals surface area contributed by atoms with Crippen molar-refractivity contribution in [2.45, 2.75) is 18.2 Å². The smallest absolute Gasteiger partial charge is 0.307 e.